The first-order valence-electron chi connectivity index (χ1n) is 9.99. The summed E-state index contributed by atoms with van der Waals surface area (Å²) in [6, 6.07) is 6.49. The standard InChI is InChI=1S/C23H32N5/c1-8-16(9-2)20-10-15(4)27-23-21(14(3)13-28(20)23)22-18(25-6)11-17(24-5)12-19(22)26-7/h10-13,16,24-26H,1,8-9H2,2-7H3. The Hall–Kier alpha value is -2.69. The quantitative estimate of drug-likeness (QED) is 0.511. The molecule has 5 heteroatoms. The lowest BCUT2D eigenvalue weighted by Crippen LogP contribution is -2.06. The van der Waals surface area contributed by atoms with Gasteiger partial charge in [0.1, 0.15) is 5.65 Å². The Labute approximate surface area is 168 Å². The molecule has 149 valence electrons. The molecule has 0 aliphatic rings. The Morgan fingerprint density at radius 1 is 1.00 bits per heavy atom. The monoisotopic (exact) mass is 378 g/mol. The van der Waals surface area contributed by atoms with E-state index >= 15 is 0 Å². The molecular formula is C23H32N5. The van der Waals surface area contributed by atoms with Crippen molar-refractivity contribution in [2.24, 2.45) is 0 Å². The summed E-state index contributed by atoms with van der Waals surface area (Å²) in [6.07, 6.45) is 4.16. The van der Waals surface area contributed by atoms with Crippen molar-refractivity contribution < 1.29 is 0 Å². The number of aromatic nitrogens is 2. The summed E-state index contributed by atoms with van der Waals surface area (Å²) in [6.45, 7) is 10.6. The van der Waals surface area contributed by atoms with Gasteiger partial charge in [0.05, 0.1) is 0 Å². The van der Waals surface area contributed by atoms with Gasteiger partial charge >= 0.3 is 0 Å². The molecule has 1 unspecified atom stereocenters. The van der Waals surface area contributed by atoms with Crippen LogP contribution in [0, 0.1) is 20.8 Å². The lowest BCUT2D eigenvalue weighted by Gasteiger charge is -2.19. The molecule has 2 aromatic heterocycles. The second-order valence-corrected chi connectivity index (χ2v) is 7.29. The van der Waals surface area contributed by atoms with Gasteiger partial charge in [-0.1, -0.05) is 13.8 Å². The molecule has 0 amide bonds. The van der Waals surface area contributed by atoms with E-state index in [-0.39, 0.29) is 0 Å². The van der Waals surface area contributed by atoms with Crippen LogP contribution in [-0.4, -0.2) is 30.5 Å². The van der Waals surface area contributed by atoms with Crippen LogP contribution >= 0.6 is 0 Å². The molecule has 3 N–H and O–H groups in total. The third-order valence-corrected chi connectivity index (χ3v) is 5.56. The Morgan fingerprint density at radius 2 is 1.64 bits per heavy atom. The molecule has 0 fully saturated rings. The summed E-state index contributed by atoms with van der Waals surface area (Å²) < 4.78 is 2.27. The highest BCUT2D eigenvalue weighted by Crippen LogP contribution is 2.42. The molecule has 1 atom stereocenters. The van der Waals surface area contributed by atoms with E-state index in [0.717, 1.165) is 46.8 Å². The molecule has 0 bridgehead atoms. The highest BCUT2D eigenvalue weighted by molar-refractivity contribution is 5.98. The molecule has 0 aliphatic carbocycles. The zero-order chi connectivity index (χ0) is 20.4. The van der Waals surface area contributed by atoms with Crippen molar-refractivity contribution in [3.05, 3.63) is 48.3 Å². The van der Waals surface area contributed by atoms with Crippen molar-refractivity contribution in [2.75, 3.05) is 37.1 Å². The maximum Gasteiger partial charge on any atom is 0.145 e. The van der Waals surface area contributed by atoms with Crippen LogP contribution in [0.15, 0.2) is 24.4 Å². The second-order valence-electron chi connectivity index (χ2n) is 7.29. The summed E-state index contributed by atoms with van der Waals surface area (Å²) in [5.74, 6) is 0.419. The third-order valence-electron chi connectivity index (χ3n) is 5.56. The van der Waals surface area contributed by atoms with Crippen LogP contribution in [0.25, 0.3) is 16.8 Å². The number of nitrogens with zero attached hydrogens (tertiary/aromatic N) is 2. The number of nitrogens with one attached hydrogen (secondary N) is 3. The number of benzene rings is 1. The van der Waals surface area contributed by atoms with Crippen molar-refractivity contribution in [3.8, 4) is 11.1 Å². The molecule has 2 heterocycles. The Bertz CT molecular complexity index is 957. The maximum atomic E-state index is 4.95. The topological polar surface area (TPSA) is 53.4 Å². The molecule has 3 aromatic rings. The Morgan fingerprint density at radius 3 is 2.14 bits per heavy atom. The number of fused-ring (bicyclic) bond motifs is 1. The first-order valence-corrected chi connectivity index (χ1v) is 9.99. The van der Waals surface area contributed by atoms with Crippen molar-refractivity contribution in [3.63, 3.8) is 0 Å². The van der Waals surface area contributed by atoms with E-state index in [0.29, 0.717) is 5.92 Å². The number of aryl methyl sites for hydroxylation is 2. The van der Waals surface area contributed by atoms with Gasteiger partial charge in [0.2, 0.25) is 0 Å². The molecule has 0 spiro atoms. The van der Waals surface area contributed by atoms with Crippen LogP contribution in [0.2, 0.25) is 0 Å². The van der Waals surface area contributed by atoms with Crippen molar-refractivity contribution in [2.45, 2.75) is 39.5 Å². The SMILES string of the molecule is [CH2]CC(CC)c1cc(C)nc2c(-c3c(NC)cc(NC)cc3NC)c(C)cn12. The van der Waals surface area contributed by atoms with E-state index < -0.39 is 0 Å². The first kappa shape index (κ1) is 20.1. The van der Waals surface area contributed by atoms with E-state index in [1.807, 2.05) is 21.1 Å². The van der Waals surface area contributed by atoms with Crippen molar-refractivity contribution in [1.82, 2.24) is 9.38 Å². The lowest BCUT2D eigenvalue weighted by atomic mass is 9.98. The van der Waals surface area contributed by atoms with Gasteiger partial charge in [-0.05, 0) is 56.4 Å². The number of rotatable bonds is 7. The molecule has 1 aromatic carbocycles. The van der Waals surface area contributed by atoms with E-state index in [9.17, 15) is 0 Å². The normalized spacial score (nSPS) is 11.3. The molecule has 1 radical (unpaired) electrons. The van der Waals surface area contributed by atoms with E-state index in [2.05, 4.69) is 72.4 Å². The molecule has 0 aliphatic heterocycles. The van der Waals surface area contributed by atoms with Gasteiger partial charge in [0.15, 0.2) is 0 Å². The van der Waals surface area contributed by atoms with Gasteiger partial charge in [-0.3, -0.25) is 0 Å². The molecule has 28 heavy (non-hydrogen) atoms. The number of hydrogen-bond acceptors (Lipinski definition) is 4. The summed E-state index contributed by atoms with van der Waals surface area (Å²) in [5.41, 5.74) is 10.1. The lowest BCUT2D eigenvalue weighted by molar-refractivity contribution is 0.639. The van der Waals surface area contributed by atoms with Crippen molar-refractivity contribution in [1.29, 1.82) is 0 Å². The van der Waals surface area contributed by atoms with E-state index in [4.69, 9.17) is 4.98 Å². The Balaban J connectivity index is 2.38. The number of hydrogen-bond donors (Lipinski definition) is 3. The van der Waals surface area contributed by atoms with Gasteiger partial charge in [0.25, 0.3) is 0 Å². The van der Waals surface area contributed by atoms with Crippen molar-refractivity contribution >= 4 is 22.7 Å². The van der Waals surface area contributed by atoms with E-state index in [1.165, 1.54) is 16.8 Å². The summed E-state index contributed by atoms with van der Waals surface area (Å²) in [7, 11) is 5.87. The maximum absolute atomic E-state index is 4.95. The minimum absolute atomic E-state index is 0.419. The summed E-state index contributed by atoms with van der Waals surface area (Å²) in [4.78, 5) is 4.95. The fraction of sp³-hybridized carbons (Fsp3) is 0.391. The fourth-order valence-electron chi connectivity index (χ4n) is 4.04. The van der Waals surface area contributed by atoms with Crippen LogP contribution in [0.4, 0.5) is 17.1 Å². The van der Waals surface area contributed by atoms with Gasteiger partial charge in [0, 0.05) is 66.9 Å². The van der Waals surface area contributed by atoms with Crippen LogP contribution in [0.3, 0.4) is 0 Å². The smallest absolute Gasteiger partial charge is 0.145 e. The second kappa shape index (κ2) is 8.13. The fourth-order valence-corrected chi connectivity index (χ4v) is 4.04. The van der Waals surface area contributed by atoms with Crippen LogP contribution < -0.4 is 16.0 Å². The minimum atomic E-state index is 0.419. The summed E-state index contributed by atoms with van der Waals surface area (Å²) in [5, 5.41) is 9.99. The minimum Gasteiger partial charge on any atom is -0.388 e. The Kier molecular flexibility index (Phi) is 5.82. The van der Waals surface area contributed by atoms with Gasteiger partial charge < -0.3 is 20.4 Å². The molecular weight excluding hydrogens is 346 g/mol. The zero-order valence-electron chi connectivity index (χ0n) is 17.9. The van der Waals surface area contributed by atoms with Gasteiger partial charge in [-0.15, -0.1) is 0 Å². The number of anilines is 3. The van der Waals surface area contributed by atoms with Gasteiger partial charge in [-0.2, -0.15) is 0 Å². The van der Waals surface area contributed by atoms with Crippen LogP contribution in [0.5, 0.6) is 0 Å². The van der Waals surface area contributed by atoms with Crippen LogP contribution in [-0.2, 0) is 0 Å². The highest BCUT2D eigenvalue weighted by atomic mass is 15.0. The summed E-state index contributed by atoms with van der Waals surface area (Å²) >= 11 is 0. The predicted molar refractivity (Wildman–Crippen MR) is 122 cm³/mol. The van der Waals surface area contributed by atoms with Gasteiger partial charge in [-0.25, -0.2) is 4.98 Å². The largest absolute Gasteiger partial charge is 0.388 e. The van der Waals surface area contributed by atoms with Crippen LogP contribution in [0.1, 0.15) is 42.6 Å². The highest BCUT2D eigenvalue weighted by Gasteiger charge is 2.22. The predicted octanol–water partition coefficient (Wildman–Crippen LogP) is 5.46. The average molecular weight is 379 g/mol. The molecule has 5 nitrogen and oxygen atoms in total. The zero-order valence-corrected chi connectivity index (χ0v) is 17.9. The third kappa shape index (κ3) is 3.30. The molecule has 3 rings (SSSR count). The first-order chi connectivity index (χ1) is 13.5. The molecule has 0 saturated carbocycles. The van der Waals surface area contributed by atoms with E-state index in [1.54, 1.807) is 0 Å². The molecule has 0 saturated heterocycles. The average Bonchev–Trinajstić information content (AvgIpc) is 3.03.